The summed E-state index contributed by atoms with van der Waals surface area (Å²) in [5.41, 5.74) is 1.08. The summed E-state index contributed by atoms with van der Waals surface area (Å²) in [7, 11) is 0. The largest absolute Gasteiger partial charge is 0.339 e. The molecule has 1 N–H and O–H groups in total. The maximum atomic E-state index is 12.0. The molecular weight excluding hydrogens is 254 g/mol. The van der Waals surface area contributed by atoms with Crippen LogP contribution in [0.15, 0.2) is 30.3 Å². The summed E-state index contributed by atoms with van der Waals surface area (Å²) in [6, 6.07) is 9.77. The summed E-state index contributed by atoms with van der Waals surface area (Å²) in [5, 5.41) is 2.91. The van der Waals surface area contributed by atoms with Crippen LogP contribution in [-0.4, -0.2) is 47.9 Å². The van der Waals surface area contributed by atoms with Gasteiger partial charge in [0, 0.05) is 39.1 Å². The smallest absolute Gasteiger partial charge is 0.317 e. The first-order chi connectivity index (χ1) is 9.70. The van der Waals surface area contributed by atoms with E-state index >= 15 is 0 Å². The Kier molecular flexibility index (Phi) is 4.98. The molecule has 1 aromatic carbocycles. The van der Waals surface area contributed by atoms with Gasteiger partial charge in [-0.2, -0.15) is 0 Å². The number of urea groups is 1. The highest BCUT2D eigenvalue weighted by atomic mass is 16.2. The van der Waals surface area contributed by atoms with Gasteiger partial charge in [-0.3, -0.25) is 4.79 Å². The Balaban J connectivity index is 1.76. The van der Waals surface area contributed by atoms with Crippen molar-refractivity contribution in [1.29, 1.82) is 0 Å². The summed E-state index contributed by atoms with van der Waals surface area (Å²) in [6.07, 6.45) is 0.528. The van der Waals surface area contributed by atoms with Crippen LogP contribution in [0.4, 0.5) is 4.79 Å². The normalized spacial score (nSPS) is 15.1. The molecule has 1 heterocycles. The lowest BCUT2D eigenvalue weighted by Gasteiger charge is -2.34. The summed E-state index contributed by atoms with van der Waals surface area (Å²) >= 11 is 0. The van der Waals surface area contributed by atoms with Gasteiger partial charge in [0.2, 0.25) is 5.91 Å². The highest BCUT2D eigenvalue weighted by molar-refractivity contribution is 5.77. The minimum Gasteiger partial charge on any atom is -0.339 e. The van der Waals surface area contributed by atoms with Crippen LogP contribution in [0.1, 0.15) is 18.9 Å². The average Bonchev–Trinajstić information content (AvgIpc) is 2.53. The predicted octanol–water partition coefficient (Wildman–Crippen LogP) is 1.45. The van der Waals surface area contributed by atoms with Gasteiger partial charge in [-0.1, -0.05) is 37.3 Å². The molecule has 108 valence electrons. The van der Waals surface area contributed by atoms with Crippen molar-refractivity contribution in [3.8, 4) is 0 Å². The fraction of sp³-hybridized carbons (Fsp3) is 0.467. The van der Waals surface area contributed by atoms with Crippen molar-refractivity contribution in [3.63, 3.8) is 0 Å². The molecule has 20 heavy (non-hydrogen) atoms. The molecule has 1 fully saturated rings. The lowest BCUT2D eigenvalue weighted by molar-refractivity contribution is -0.132. The number of carbonyl (C=O) groups is 2. The molecule has 1 aliphatic heterocycles. The molecule has 0 atom stereocenters. The Morgan fingerprint density at radius 3 is 2.25 bits per heavy atom. The van der Waals surface area contributed by atoms with E-state index in [0.717, 1.165) is 5.56 Å². The molecule has 5 heteroatoms. The van der Waals surface area contributed by atoms with Crippen molar-refractivity contribution in [2.24, 2.45) is 0 Å². The molecule has 1 saturated heterocycles. The zero-order chi connectivity index (χ0) is 14.4. The number of nitrogens with zero attached hydrogens (tertiary/aromatic N) is 2. The molecule has 1 aromatic rings. The van der Waals surface area contributed by atoms with Gasteiger partial charge in [0.1, 0.15) is 0 Å². The van der Waals surface area contributed by atoms with E-state index in [1.807, 2.05) is 42.2 Å². The molecule has 2 rings (SSSR count). The van der Waals surface area contributed by atoms with Gasteiger partial charge in [-0.25, -0.2) is 4.79 Å². The summed E-state index contributed by atoms with van der Waals surface area (Å²) in [5.74, 6) is 0.161. The third-order valence-corrected chi connectivity index (χ3v) is 3.51. The van der Waals surface area contributed by atoms with Crippen molar-refractivity contribution in [3.05, 3.63) is 35.9 Å². The van der Waals surface area contributed by atoms with Crippen LogP contribution in [0.5, 0.6) is 0 Å². The van der Waals surface area contributed by atoms with Gasteiger partial charge < -0.3 is 15.1 Å². The van der Waals surface area contributed by atoms with E-state index < -0.39 is 0 Å². The lowest BCUT2D eigenvalue weighted by Crippen LogP contribution is -2.52. The van der Waals surface area contributed by atoms with Crippen molar-refractivity contribution < 1.29 is 9.59 Å². The number of carbonyl (C=O) groups excluding carboxylic acids is 2. The Labute approximate surface area is 119 Å². The van der Waals surface area contributed by atoms with E-state index in [4.69, 9.17) is 0 Å². The van der Waals surface area contributed by atoms with Gasteiger partial charge in [0.25, 0.3) is 0 Å². The molecule has 3 amide bonds. The average molecular weight is 275 g/mol. The second kappa shape index (κ2) is 6.93. The van der Waals surface area contributed by atoms with Crippen LogP contribution >= 0.6 is 0 Å². The molecule has 0 saturated carbocycles. The molecule has 0 bridgehead atoms. The molecule has 0 radical (unpaired) electrons. The number of hydrogen-bond donors (Lipinski definition) is 1. The van der Waals surface area contributed by atoms with Crippen LogP contribution in [0.3, 0.4) is 0 Å². The minimum atomic E-state index is -0.0579. The number of benzene rings is 1. The number of piperazine rings is 1. The third-order valence-electron chi connectivity index (χ3n) is 3.51. The van der Waals surface area contributed by atoms with Gasteiger partial charge in [-0.15, -0.1) is 0 Å². The first-order valence-electron chi connectivity index (χ1n) is 7.05. The van der Waals surface area contributed by atoms with E-state index in [0.29, 0.717) is 39.1 Å². The highest BCUT2D eigenvalue weighted by Gasteiger charge is 2.22. The molecular formula is C15H21N3O2. The van der Waals surface area contributed by atoms with Gasteiger partial charge in [-0.05, 0) is 5.56 Å². The second-order valence-corrected chi connectivity index (χ2v) is 4.87. The second-order valence-electron chi connectivity index (χ2n) is 4.87. The molecule has 1 aliphatic rings. The van der Waals surface area contributed by atoms with Crippen molar-refractivity contribution in [2.75, 3.05) is 26.2 Å². The summed E-state index contributed by atoms with van der Waals surface area (Å²) in [6.45, 7) is 4.87. The zero-order valence-electron chi connectivity index (χ0n) is 11.8. The zero-order valence-corrected chi connectivity index (χ0v) is 11.8. The quantitative estimate of drug-likeness (QED) is 0.907. The van der Waals surface area contributed by atoms with Crippen LogP contribution < -0.4 is 5.32 Å². The molecule has 0 aliphatic carbocycles. The maximum Gasteiger partial charge on any atom is 0.317 e. The van der Waals surface area contributed by atoms with Crippen LogP contribution in [0.2, 0.25) is 0 Å². The highest BCUT2D eigenvalue weighted by Crippen LogP contribution is 2.05. The molecule has 0 spiro atoms. The van der Waals surface area contributed by atoms with Crippen LogP contribution in [0, 0.1) is 0 Å². The van der Waals surface area contributed by atoms with Crippen molar-refractivity contribution in [2.45, 2.75) is 19.9 Å². The number of amides is 3. The van der Waals surface area contributed by atoms with Crippen molar-refractivity contribution in [1.82, 2.24) is 15.1 Å². The van der Waals surface area contributed by atoms with E-state index in [2.05, 4.69) is 5.32 Å². The van der Waals surface area contributed by atoms with Gasteiger partial charge in [0.15, 0.2) is 0 Å². The fourth-order valence-electron chi connectivity index (χ4n) is 2.27. The van der Waals surface area contributed by atoms with E-state index in [1.54, 1.807) is 4.90 Å². The minimum absolute atomic E-state index is 0.0579. The van der Waals surface area contributed by atoms with Crippen LogP contribution in [-0.2, 0) is 11.3 Å². The Morgan fingerprint density at radius 1 is 1.05 bits per heavy atom. The SMILES string of the molecule is CCC(=O)N1CCN(C(=O)NCc2ccccc2)CC1. The van der Waals surface area contributed by atoms with Crippen molar-refractivity contribution >= 4 is 11.9 Å². The first kappa shape index (κ1) is 14.4. The van der Waals surface area contributed by atoms with Gasteiger partial charge >= 0.3 is 6.03 Å². The lowest BCUT2D eigenvalue weighted by atomic mass is 10.2. The Morgan fingerprint density at radius 2 is 1.65 bits per heavy atom. The fourth-order valence-corrected chi connectivity index (χ4v) is 2.27. The van der Waals surface area contributed by atoms with E-state index in [1.165, 1.54) is 0 Å². The van der Waals surface area contributed by atoms with Crippen LogP contribution in [0.25, 0.3) is 0 Å². The summed E-state index contributed by atoms with van der Waals surface area (Å²) in [4.78, 5) is 27.2. The predicted molar refractivity (Wildman–Crippen MR) is 77.1 cm³/mol. The first-order valence-corrected chi connectivity index (χ1v) is 7.05. The van der Waals surface area contributed by atoms with E-state index in [-0.39, 0.29) is 11.9 Å². The topological polar surface area (TPSA) is 52.7 Å². The summed E-state index contributed by atoms with van der Waals surface area (Å²) < 4.78 is 0. The molecule has 0 aromatic heterocycles. The van der Waals surface area contributed by atoms with E-state index in [9.17, 15) is 9.59 Å². The monoisotopic (exact) mass is 275 g/mol. The maximum absolute atomic E-state index is 12.0. The molecule has 0 unspecified atom stereocenters. The number of rotatable bonds is 3. The Hall–Kier alpha value is -2.04. The molecule has 5 nitrogen and oxygen atoms in total. The number of hydrogen-bond acceptors (Lipinski definition) is 2. The Bertz CT molecular complexity index is 453. The standard InChI is InChI=1S/C15H21N3O2/c1-2-14(19)17-8-10-18(11-9-17)15(20)16-12-13-6-4-3-5-7-13/h3-7H,2,8-12H2,1H3,(H,16,20). The third kappa shape index (κ3) is 3.73. The number of nitrogens with one attached hydrogen (secondary N) is 1. The van der Waals surface area contributed by atoms with Gasteiger partial charge in [0.05, 0.1) is 0 Å².